The zero-order valence-electron chi connectivity index (χ0n) is 7.74. The van der Waals surface area contributed by atoms with Crippen molar-refractivity contribution in [1.29, 1.82) is 0 Å². The SMILES string of the molecule is C=C(C(F)(F)OS(=O)(=O)F)C(F)(F)OS(=O)(=O)F. The van der Waals surface area contributed by atoms with Crippen molar-refractivity contribution in [2.45, 2.75) is 12.2 Å². The summed E-state index contributed by atoms with van der Waals surface area (Å²) in [4.78, 5) is 0. The topological polar surface area (TPSA) is 86.7 Å². The Labute approximate surface area is 96.6 Å². The van der Waals surface area contributed by atoms with E-state index in [0.29, 0.717) is 0 Å². The largest absolute Gasteiger partial charge is 0.442 e. The van der Waals surface area contributed by atoms with Gasteiger partial charge in [-0.2, -0.15) is 42.8 Å². The lowest BCUT2D eigenvalue weighted by atomic mass is 10.3. The minimum Gasteiger partial charge on any atom is -0.170 e. The standard InChI is InChI=1S/C4H2F6O6S2/c1-2(3(5,6)15-17(9,11)12)4(7,8)16-18(10,13)14/h1H2. The Hall–Kier alpha value is -0.860. The van der Waals surface area contributed by atoms with E-state index in [0.717, 1.165) is 0 Å². The van der Waals surface area contributed by atoms with Gasteiger partial charge in [-0.1, -0.05) is 14.4 Å². The predicted octanol–water partition coefficient (Wildman–Crippen LogP) is 1.19. The third-order valence-corrected chi connectivity index (χ3v) is 1.93. The minimum atomic E-state index is -6.37. The van der Waals surface area contributed by atoms with Crippen LogP contribution >= 0.6 is 0 Å². The quantitative estimate of drug-likeness (QED) is 0.414. The van der Waals surface area contributed by atoms with Crippen LogP contribution in [-0.2, 0) is 29.4 Å². The van der Waals surface area contributed by atoms with Crippen LogP contribution in [0.1, 0.15) is 0 Å². The van der Waals surface area contributed by atoms with Gasteiger partial charge in [-0.3, -0.25) is 0 Å². The van der Waals surface area contributed by atoms with Crippen LogP contribution < -0.4 is 0 Å². The van der Waals surface area contributed by atoms with Gasteiger partial charge < -0.3 is 0 Å². The lowest BCUT2D eigenvalue weighted by Crippen LogP contribution is -2.38. The molecule has 0 saturated carbocycles. The van der Waals surface area contributed by atoms with Crippen molar-refractivity contribution >= 4 is 21.0 Å². The Morgan fingerprint density at radius 1 is 0.833 bits per heavy atom. The Bertz CT molecular complexity index is 486. The van der Waals surface area contributed by atoms with E-state index >= 15 is 0 Å². The normalized spacial score (nSPS) is 14.6. The van der Waals surface area contributed by atoms with Gasteiger partial charge in [0.25, 0.3) is 0 Å². The van der Waals surface area contributed by atoms with Crippen molar-refractivity contribution in [3.05, 3.63) is 12.2 Å². The van der Waals surface area contributed by atoms with Crippen molar-refractivity contribution in [2.75, 3.05) is 0 Å². The molecule has 0 saturated heterocycles. The second-order valence-corrected chi connectivity index (χ2v) is 4.37. The molecule has 0 aromatic rings. The maximum Gasteiger partial charge on any atom is 0.442 e. The highest BCUT2D eigenvalue weighted by molar-refractivity contribution is 7.81. The summed E-state index contributed by atoms with van der Waals surface area (Å²) < 4.78 is 117. The van der Waals surface area contributed by atoms with Crippen LogP contribution in [0.3, 0.4) is 0 Å². The first-order valence-electron chi connectivity index (χ1n) is 3.33. The summed E-state index contributed by atoms with van der Waals surface area (Å²) in [6.07, 6.45) is -11.1. The molecule has 0 aromatic heterocycles. The molecule has 0 bridgehead atoms. The lowest BCUT2D eigenvalue weighted by molar-refractivity contribution is -0.215. The van der Waals surface area contributed by atoms with Gasteiger partial charge in [-0.05, 0) is 0 Å². The zero-order valence-corrected chi connectivity index (χ0v) is 9.37. The highest BCUT2D eigenvalue weighted by atomic mass is 32.3. The van der Waals surface area contributed by atoms with Crippen LogP contribution in [0.25, 0.3) is 0 Å². The molecule has 0 radical (unpaired) electrons. The van der Waals surface area contributed by atoms with E-state index < -0.39 is 38.8 Å². The van der Waals surface area contributed by atoms with E-state index in [1.807, 2.05) is 6.58 Å². The molecule has 0 fully saturated rings. The van der Waals surface area contributed by atoms with Gasteiger partial charge in [0.05, 0.1) is 0 Å². The maximum atomic E-state index is 12.6. The Morgan fingerprint density at radius 2 is 1.06 bits per heavy atom. The molecule has 0 N–H and O–H groups in total. The van der Waals surface area contributed by atoms with Gasteiger partial charge in [-0.15, -0.1) is 0 Å². The highest BCUT2D eigenvalue weighted by Crippen LogP contribution is 2.39. The van der Waals surface area contributed by atoms with E-state index in [-0.39, 0.29) is 0 Å². The van der Waals surface area contributed by atoms with Gasteiger partial charge in [0, 0.05) is 0 Å². The van der Waals surface area contributed by atoms with E-state index in [9.17, 15) is 42.2 Å². The second-order valence-electron chi connectivity index (χ2n) is 2.46. The smallest absolute Gasteiger partial charge is 0.170 e. The molecule has 0 rings (SSSR count). The molecule has 6 nitrogen and oxygen atoms in total. The summed E-state index contributed by atoms with van der Waals surface area (Å²) >= 11 is 0. The van der Waals surface area contributed by atoms with E-state index in [2.05, 4.69) is 8.37 Å². The predicted molar refractivity (Wildman–Crippen MR) is 41.3 cm³/mol. The Balaban J connectivity index is 5.27. The molecular weight excluding hydrogens is 322 g/mol. The molecule has 0 unspecified atom stereocenters. The third-order valence-electron chi connectivity index (χ3n) is 1.11. The summed E-state index contributed by atoms with van der Waals surface area (Å²) in [5.41, 5.74) is -2.95. The molecule has 0 amide bonds. The first-order chi connectivity index (χ1) is 7.57. The summed E-state index contributed by atoms with van der Waals surface area (Å²) in [6.45, 7) is 1.85. The van der Waals surface area contributed by atoms with Crippen LogP contribution in [0.4, 0.5) is 25.3 Å². The second kappa shape index (κ2) is 4.67. The molecule has 0 spiro atoms. The number of rotatable bonds is 6. The molecule has 0 aromatic carbocycles. The van der Waals surface area contributed by atoms with Crippen molar-refractivity contribution < 1.29 is 50.5 Å². The van der Waals surface area contributed by atoms with Crippen LogP contribution in [0, 0.1) is 0 Å². The molecule has 0 heterocycles. The van der Waals surface area contributed by atoms with Crippen molar-refractivity contribution in [3.63, 3.8) is 0 Å². The summed E-state index contributed by atoms with van der Waals surface area (Å²) in [5, 5.41) is 0. The molecule has 0 aliphatic carbocycles. The minimum absolute atomic E-state index is 1.85. The molecule has 0 atom stereocenters. The Kier molecular flexibility index (Phi) is 4.45. The van der Waals surface area contributed by atoms with Crippen LogP contribution in [0.15, 0.2) is 12.2 Å². The van der Waals surface area contributed by atoms with Crippen molar-refractivity contribution in [3.8, 4) is 0 Å². The maximum absolute atomic E-state index is 12.6. The number of alkyl halides is 4. The molecular formula is C4H2F6O6S2. The highest BCUT2D eigenvalue weighted by Gasteiger charge is 2.55. The van der Waals surface area contributed by atoms with E-state index in [4.69, 9.17) is 0 Å². The summed E-state index contributed by atoms with van der Waals surface area (Å²) in [7, 11) is -12.7. The molecule has 0 aliphatic heterocycles. The first kappa shape index (κ1) is 17.1. The number of hydrogen-bond acceptors (Lipinski definition) is 6. The fourth-order valence-electron chi connectivity index (χ4n) is 0.520. The molecule has 108 valence electrons. The fraction of sp³-hybridized carbons (Fsp3) is 0.500. The van der Waals surface area contributed by atoms with Gasteiger partial charge in [0.15, 0.2) is 0 Å². The average Bonchev–Trinajstić information content (AvgIpc) is 1.92. The first-order valence-corrected chi connectivity index (χ1v) is 5.94. The average molecular weight is 324 g/mol. The van der Waals surface area contributed by atoms with Gasteiger partial charge >= 0.3 is 33.2 Å². The van der Waals surface area contributed by atoms with Crippen LogP contribution in [0.2, 0.25) is 0 Å². The summed E-state index contributed by atoms with van der Waals surface area (Å²) in [6, 6.07) is 0. The third kappa shape index (κ3) is 5.65. The zero-order chi connectivity index (χ0) is 15.0. The van der Waals surface area contributed by atoms with Crippen LogP contribution in [0.5, 0.6) is 0 Å². The van der Waals surface area contributed by atoms with Gasteiger partial charge in [-0.25, -0.2) is 0 Å². The van der Waals surface area contributed by atoms with Gasteiger partial charge in [0.2, 0.25) is 0 Å². The fourth-order valence-corrected chi connectivity index (χ4v) is 1.22. The summed E-state index contributed by atoms with van der Waals surface area (Å²) in [5.74, 6) is 0. The molecule has 0 aliphatic rings. The van der Waals surface area contributed by atoms with E-state index in [1.54, 1.807) is 0 Å². The van der Waals surface area contributed by atoms with Crippen molar-refractivity contribution in [1.82, 2.24) is 0 Å². The Morgan fingerprint density at radius 3 is 1.22 bits per heavy atom. The number of halogens is 6. The molecule has 14 heteroatoms. The monoisotopic (exact) mass is 324 g/mol. The van der Waals surface area contributed by atoms with E-state index in [1.165, 1.54) is 0 Å². The number of hydrogen-bond donors (Lipinski definition) is 0. The van der Waals surface area contributed by atoms with Gasteiger partial charge in [0.1, 0.15) is 5.57 Å². The van der Waals surface area contributed by atoms with Crippen molar-refractivity contribution in [2.24, 2.45) is 0 Å². The molecule has 18 heavy (non-hydrogen) atoms. The lowest BCUT2D eigenvalue weighted by Gasteiger charge is -2.21. The van der Waals surface area contributed by atoms with Crippen LogP contribution in [-0.4, -0.2) is 29.1 Å².